The molecule has 0 radical (unpaired) electrons. The number of anilines is 1. The van der Waals surface area contributed by atoms with Crippen LogP contribution in [0.25, 0.3) is 0 Å². The molecular weight excluding hydrogens is 340 g/mol. The van der Waals surface area contributed by atoms with Crippen molar-refractivity contribution in [3.63, 3.8) is 0 Å². The predicted octanol–water partition coefficient (Wildman–Crippen LogP) is 2.38. The minimum absolute atomic E-state index is 0. The second kappa shape index (κ2) is 10.3. The third-order valence-electron chi connectivity index (χ3n) is 4.42. The van der Waals surface area contributed by atoms with Crippen molar-refractivity contribution in [1.82, 2.24) is 15.5 Å². The van der Waals surface area contributed by atoms with Gasteiger partial charge in [-0.25, -0.2) is 4.79 Å². The molecule has 2 rings (SSSR count). The van der Waals surface area contributed by atoms with Gasteiger partial charge in [0.15, 0.2) is 0 Å². The number of hydrogen-bond donors (Lipinski definition) is 3. The van der Waals surface area contributed by atoms with Gasteiger partial charge in [0.2, 0.25) is 5.91 Å². The van der Waals surface area contributed by atoms with Crippen molar-refractivity contribution in [3.8, 4) is 0 Å². The number of nitrogens with zero attached hydrogens (tertiary/aromatic N) is 1. The van der Waals surface area contributed by atoms with Crippen LogP contribution in [0.2, 0.25) is 0 Å². The van der Waals surface area contributed by atoms with Crippen molar-refractivity contribution in [3.05, 3.63) is 29.8 Å². The zero-order valence-electron chi connectivity index (χ0n) is 15.2. The fourth-order valence-electron chi connectivity index (χ4n) is 2.80. The lowest BCUT2D eigenvalue weighted by molar-refractivity contribution is -0.126. The maximum Gasteiger partial charge on any atom is 0.321 e. The monoisotopic (exact) mass is 368 g/mol. The van der Waals surface area contributed by atoms with E-state index in [1.807, 2.05) is 45.2 Å². The topological polar surface area (TPSA) is 73.5 Å². The fourth-order valence-corrected chi connectivity index (χ4v) is 2.80. The van der Waals surface area contributed by atoms with Gasteiger partial charge in [-0.3, -0.25) is 4.79 Å². The number of hydrogen-bond acceptors (Lipinski definition) is 3. The Hall–Kier alpha value is -1.79. The first kappa shape index (κ1) is 21.3. The lowest BCUT2D eigenvalue weighted by atomic mass is 9.97. The van der Waals surface area contributed by atoms with Crippen molar-refractivity contribution >= 4 is 30.0 Å². The molecule has 1 fully saturated rings. The minimum atomic E-state index is -0.137. The number of benzene rings is 1. The number of halogens is 1. The van der Waals surface area contributed by atoms with Crippen molar-refractivity contribution < 1.29 is 9.59 Å². The Balaban J connectivity index is 0.00000312. The summed E-state index contributed by atoms with van der Waals surface area (Å²) in [5, 5.41) is 8.97. The van der Waals surface area contributed by atoms with Gasteiger partial charge in [0.1, 0.15) is 0 Å². The normalized spacial score (nSPS) is 18.0. The standard InChI is InChI=1S/C18H28N4O2.ClH/c1-13-6-4-8-16(10-13)21-18(24)22-9-5-7-15(12-22)17(23)20-11-14(2)19-3;/h4,6,8,10,14-15,19H,5,7,9,11-12H2,1-3H3,(H,20,23)(H,21,24);1H. The van der Waals surface area contributed by atoms with E-state index in [-0.39, 0.29) is 36.3 Å². The molecule has 7 heteroatoms. The molecule has 0 saturated carbocycles. The highest BCUT2D eigenvalue weighted by atomic mass is 35.5. The van der Waals surface area contributed by atoms with Gasteiger partial charge in [-0.2, -0.15) is 0 Å². The van der Waals surface area contributed by atoms with Gasteiger partial charge in [0.05, 0.1) is 5.92 Å². The molecule has 3 amide bonds. The molecule has 1 heterocycles. The number of carbonyl (C=O) groups is 2. The first-order chi connectivity index (χ1) is 11.5. The summed E-state index contributed by atoms with van der Waals surface area (Å²) >= 11 is 0. The molecule has 0 bridgehead atoms. The van der Waals surface area contributed by atoms with E-state index < -0.39 is 0 Å². The third-order valence-corrected chi connectivity index (χ3v) is 4.42. The molecule has 0 aliphatic carbocycles. The van der Waals surface area contributed by atoms with E-state index in [1.54, 1.807) is 4.90 Å². The number of carbonyl (C=O) groups excluding carboxylic acids is 2. The molecule has 0 spiro atoms. The van der Waals surface area contributed by atoms with Crippen LogP contribution in [0.5, 0.6) is 0 Å². The Morgan fingerprint density at radius 1 is 1.36 bits per heavy atom. The van der Waals surface area contributed by atoms with Gasteiger partial charge in [-0.15, -0.1) is 12.4 Å². The van der Waals surface area contributed by atoms with Gasteiger partial charge in [0.25, 0.3) is 0 Å². The van der Waals surface area contributed by atoms with Crippen molar-refractivity contribution in [1.29, 1.82) is 0 Å². The van der Waals surface area contributed by atoms with Crippen LogP contribution >= 0.6 is 12.4 Å². The summed E-state index contributed by atoms with van der Waals surface area (Å²) in [6.45, 7) is 5.76. The average Bonchev–Trinajstić information content (AvgIpc) is 2.59. The highest BCUT2D eigenvalue weighted by Crippen LogP contribution is 2.18. The van der Waals surface area contributed by atoms with Crippen LogP contribution in [0.3, 0.4) is 0 Å². The molecule has 0 aromatic heterocycles. The third kappa shape index (κ3) is 6.55. The second-order valence-corrected chi connectivity index (χ2v) is 6.52. The first-order valence-corrected chi connectivity index (χ1v) is 8.57. The molecule has 6 nitrogen and oxygen atoms in total. The number of likely N-dealkylation sites (tertiary alicyclic amines) is 1. The van der Waals surface area contributed by atoms with Crippen LogP contribution in [-0.4, -0.2) is 49.6 Å². The van der Waals surface area contributed by atoms with E-state index in [2.05, 4.69) is 16.0 Å². The fraction of sp³-hybridized carbons (Fsp3) is 0.556. The van der Waals surface area contributed by atoms with Crippen LogP contribution in [0.1, 0.15) is 25.3 Å². The Morgan fingerprint density at radius 2 is 2.12 bits per heavy atom. The van der Waals surface area contributed by atoms with Gasteiger partial charge < -0.3 is 20.9 Å². The summed E-state index contributed by atoms with van der Waals surface area (Å²) in [7, 11) is 1.87. The van der Waals surface area contributed by atoms with Gasteiger partial charge in [0, 0.05) is 31.4 Å². The van der Waals surface area contributed by atoms with E-state index in [4.69, 9.17) is 0 Å². The van der Waals surface area contributed by atoms with Crippen LogP contribution in [0.4, 0.5) is 10.5 Å². The summed E-state index contributed by atoms with van der Waals surface area (Å²) < 4.78 is 0. The van der Waals surface area contributed by atoms with E-state index >= 15 is 0 Å². The van der Waals surface area contributed by atoms with E-state index in [0.717, 1.165) is 24.1 Å². The quantitative estimate of drug-likeness (QED) is 0.747. The number of urea groups is 1. The van der Waals surface area contributed by atoms with Crippen LogP contribution < -0.4 is 16.0 Å². The van der Waals surface area contributed by atoms with Gasteiger partial charge >= 0.3 is 6.03 Å². The molecule has 25 heavy (non-hydrogen) atoms. The van der Waals surface area contributed by atoms with E-state index in [9.17, 15) is 9.59 Å². The maximum absolute atomic E-state index is 12.4. The molecule has 2 atom stereocenters. The molecule has 1 aliphatic heterocycles. The van der Waals surface area contributed by atoms with Gasteiger partial charge in [-0.05, 0) is 51.4 Å². The summed E-state index contributed by atoms with van der Waals surface area (Å²) in [6.07, 6.45) is 1.68. The number of piperidine rings is 1. The first-order valence-electron chi connectivity index (χ1n) is 8.57. The van der Waals surface area contributed by atoms with Crippen LogP contribution in [0, 0.1) is 12.8 Å². The number of aryl methyl sites for hydroxylation is 1. The maximum atomic E-state index is 12.4. The molecule has 1 aromatic carbocycles. The molecular formula is C18H29ClN4O2. The zero-order chi connectivity index (χ0) is 17.5. The summed E-state index contributed by atoms with van der Waals surface area (Å²) in [5.41, 5.74) is 1.89. The van der Waals surface area contributed by atoms with Crippen LogP contribution in [0.15, 0.2) is 24.3 Å². The van der Waals surface area contributed by atoms with Gasteiger partial charge in [-0.1, -0.05) is 12.1 Å². The average molecular weight is 369 g/mol. The lowest BCUT2D eigenvalue weighted by Crippen LogP contribution is -2.48. The number of rotatable bonds is 5. The zero-order valence-corrected chi connectivity index (χ0v) is 16.0. The predicted molar refractivity (Wildman–Crippen MR) is 103 cm³/mol. The number of nitrogens with one attached hydrogen (secondary N) is 3. The Kier molecular flexibility index (Phi) is 8.72. The van der Waals surface area contributed by atoms with Crippen molar-refractivity contribution in [2.45, 2.75) is 32.7 Å². The highest BCUT2D eigenvalue weighted by molar-refractivity contribution is 5.90. The Bertz CT molecular complexity index is 582. The van der Waals surface area contributed by atoms with Crippen LogP contribution in [-0.2, 0) is 4.79 Å². The lowest BCUT2D eigenvalue weighted by Gasteiger charge is -2.32. The number of likely N-dealkylation sites (N-methyl/N-ethyl adjacent to an activating group) is 1. The molecule has 1 aromatic rings. The van der Waals surface area contributed by atoms with Crippen molar-refractivity contribution in [2.24, 2.45) is 5.92 Å². The summed E-state index contributed by atoms with van der Waals surface area (Å²) in [4.78, 5) is 26.5. The Labute approximate surface area is 156 Å². The Morgan fingerprint density at radius 3 is 2.80 bits per heavy atom. The molecule has 140 valence electrons. The number of amides is 3. The van der Waals surface area contributed by atoms with E-state index in [1.165, 1.54) is 0 Å². The van der Waals surface area contributed by atoms with E-state index in [0.29, 0.717) is 19.6 Å². The highest BCUT2D eigenvalue weighted by Gasteiger charge is 2.28. The van der Waals surface area contributed by atoms with Crippen molar-refractivity contribution in [2.75, 3.05) is 32.0 Å². The molecule has 2 unspecified atom stereocenters. The molecule has 1 saturated heterocycles. The SMILES string of the molecule is CNC(C)CNC(=O)C1CCCN(C(=O)Nc2cccc(C)c2)C1.Cl. The summed E-state index contributed by atoms with van der Waals surface area (Å²) in [6, 6.07) is 7.81. The smallest absolute Gasteiger partial charge is 0.321 e. The second-order valence-electron chi connectivity index (χ2n) is 6.52. The minimum Gasteiger partial charge on any atom is -0.354 e. The molecule has 1 aliphatic rings. The summed E-state index contributed by atoms with van der Waals surface area (Å²) in [5.74, 6) is -0.101. The molecule has 3 N–H and O–H groups in total. The largest absolute Gasteiger partial charge is 0.354 e.